The Morgan fingerprint density at radius 1 is 1.04 bits per heavy atom. The minimum Gasteiger partial charge on any atom is -0.478 e. The third kappa shape index (κ3) is 4.66. The highest BCUT2D eigenvalue weighted by Crippen LogP contribution is 2.21. The Morgan fingerprint density at radius 3 is 1.92 bits per heavy atom. The number of rotatable bonds is 11. The molecule has 0 fully saturated rings. The fourth-order valence-corrected chi connectivity index (χ4v) is 5.60. The molecule has 0 atom stereocenters. The number of amides is 1. The van der Waals surface area contributed by atoms with Crippen molar-refractivity contribution in [2.24, 2.45) is 5.73 Å². The summed E-state index contributed by atoms with van der Waals surface area (Å²) in [7, 11) is -3.29. The summed E-state index contributed by atoms with van der Waals surface area (Å²) in [5, 5.41) is 10.0. The highest BCUT2D eigenvalue weighted by Gasteiger charge is 2.46. The predicted molar refractivity (Wildman–Crippen MR) is 96.2 cm³/mol. The third-order valence-electron chi connectivity index (χ3n) is 3.62. The normalized spacial score (nSPS) is 11.5. The van der Waals surface area contributed by atoms with Crippen molar-refractivity contribution >= 4 is 25.9 Å². The lowest BCUT2D eigenvalue weighted by atomic mass is 9.97. The Kier molecular flexibility index (Phi) is 8.23. The number of hydrogen-bond acceptors (Lipinski definition) is 5. The van der Waals surface area contributed by atoms with Crippen molar-refractivity contribution in [2.45, 2.75) is 40.5 Å². The Labute approximate surface area is 149 Å². The zero-order chi connectivity index (χ0) is 19.0. The van der Waals surface area contributed by atoms with Gasteiger partial charge in [-0.25, -0.2) is 4.79 Å². The number of hydrogen-bond donors (Lipinski definition) is 2. The Morgan fingerprint density at radius 2 is 1.56 bits per heavy atom. The van der Waals surface area contributed by atoms with Crippen LogP contribution in [-0.2, 0) is 19.7 Å². The number of aromatic carboxylic acids is 1. The van der Waals surface area contributed by atoms with E-state index in [1.54, 1.807) is 6.07 Å². The van der Waals surface area contributed by atoms with E-state index in [9.17, 15) is 14.7 Å². The number of carboxylic acids is 1. The fourth-order valence-electron chi connectivity index (χ4n) is 2.83. The van der Waals surface area contributed by atoms with Crippen LogP contribution in [-0.4, -0.2) is 45.6 Å². The van der Waals surface area contributed by atoms with Crippen LogP contribution in [0.3, 0.4) is 0 Å². The summed E-state index contributed by atoms with van der Waals surface area (Å²) in [6, 6.07) is 3.00. The topological polar surface area (TPSA) is 108 Å². The van der Waals surface area contributed by atoms with Gasteiger partial charge in [0.1, 0.15) is 0 Å². The standard InChI is InChI=1S/C17H27NO6Si/c1-5-9-12-14(25(22-6-2,23-7-3)24-8-4)11-10-13(17(20)21)15(12)16(18)19/h10-11H,5-9H2,1-4H3,(H2,18,19)(H,20,21). The van der Waals surface area contributed by atoms with Crippen molar-refractivity contribution in [3.63, 3.8) is 0 Å². The van der Waals surface area contributed by atoms with E-state index in [0.29, 0.717) is 43.4 Å². The molecule has 0 aromatic heterocycles. The highest BCUT2D eigenvalue weighted by molar-refractivity contribution is 6.76. The van der Waals surface area contributed by atoms with Crippen LogP contribution in [0.4, 0.5) is 0 Å². The van der Waals surface area contributed by atoms with Crippen LogP contribution in [0, 0.1) is 0 Å². The van der Waals surface area contributed by atoms with Gasteiger partial charge in [-0.1, -0.05) is 19.4 Å². The number of primary amides is 1. The van der Waals surface area contributed by atoms with Crippen LogP contribution in [0.2, 0.25) is 0 Å². The summed E-state index contributed by atoms with van der Waals surface area (Å²) >= 11 is 0. The summed E-state index contributed by atoms with van der Waals surface area (Å²) in [6.07, 6.45) is 1.17. The summed E-state index contributed by atoms with van der Waals surface area (Å²) in [5.41, 5.74) is 5.93. The number of carbonyl (C=O) groups excluding carboxylic acids is 1. The van der Waals surface area contributed by atoms with E-state index >= 15 is 0 Å². The maximum atomic E-state index is 12.0. The van der Waals surface area contributed by atoms with E-state index in [-0.39, 0.29) is 11.1 Å². The summed E-state index contributed by atoms with van der Waals surface area (Å²) in [4.78, 5) is 23.6. The van der Waals surface area contributed by atoms with Gasteiger partial charge in [0, 0.05) is 25.0 Å². The lowest BCUT2D eigenvalue weighted by Crippen LogP contribution is -2.58. The van der Waals surface area contributed by atoms with Gasteiger partial charge >= 0.3 is 14.8 Å². The van der Waals surface area contributed by atoms with Crippen molar-refractivity contribution in [2.75, 3.05) is 19.8 Å². The first-order chi connectivity index (χ1) is 11.9. The van der Waals surface area contributed by atoms with Gasteiger partial charge in [0.05, 0.1) is 11.1 Å². The lowest BCUT2D eigenvalue weighted by Gasteiger charge is -2.31. The molecule has 0 heterocycles. The molecule has 0 aliphatic heterocycles. The van der Waals surface area contributed by atoms with E-state index in [0.717, 1.165) is 0 Å². The molecule has 0 aliphatic carbocycles. The minimum atomic E-state index is -3.29. The lowest BCUT2D eigenvalue weighted by molar-refractivity contribution is 0.0690. The maximum absolute atomic E-state index is 12.0. The average Bonchev–Trinajstić information content (AvgIpc) is 2.54. The first kappa shape index (κ1) is 21.3. The van der Waals surface area contributed by atoms with Crippen molar-refractivity contribution in [3.05, 3.63) is 28.8 Å². The fraction of sp³-hybridized carbons (Fsp3) is 0.529. The van der Waals surface area contributed by atoms with Crippen molar-refractivity contribution in [1.29, 1.82) is 0 Å². The molecule has 140 valence electrons. The van der Waals surface area contributed by atoms with Gasteiger partial charge in [0.25, 0.3) is 0 Å². The molecule has 0 saturated heterocycles. The molecule has 1 rings (SSSR count). The maximum Gasteiger partial charge on any atom is 0.537 e. The van der Waals surface area contributed by atoms with Crippen molar-refractivity contribution < 1.29 is 28.0 Å². The number of benzene rings is 1. The molecule has 0 unspecified atom stereocenters. The predicted octanol–water partition coefficient (Wildman–Crippen LogP) is 1.69. The van der Waals surface area contributed by atoms with Gasteiger partial charge in [0.2, 0.25) is 5.91 Å². The molecule has 7 nitrogen and oxygen atoms in total. The van der Waals surface area contributed by atoms with Crippen LogP contribution in [0.5, 0.6) is 0 Å². The van der Waals surface area contributed by atoms with Crippen LogP contribution in [0.1, 0.15) is 60.4 Å². The van der Waals surface area contributed by atoms with E-state index < -0.39 is 20.7 Å². The number of carboxylic acid groups (broad SMARTS) is 1. The largest absolute Gasteiger partial charge is 0.537 e. The zero-order valence-corrected chi connectivity index (χ0v) is 16.3. The molecular formula is C17H27NO6Si. The van der Waals surface area contributed by atoms with Gasteiger partial charge in [-0.15, -0.1) is 0 Å². The van der Waals surface area contributed by atoms with Crippen molar-refractivity contribution in [3.8, 4) is 0 Å². The average molecular weight is 369 g/mol. The van der Waals surface area contributed by atoms with Crippen LogP contribution < -0.4 is 10.9 Å². The van der Waals surface area contributed by atoms with E-state index in [2.05, 4.69) is 0 Å². The molecule has 0 bridgehead atoms. The van der Waals surface area contributed by atoms with Crippen LogP contribution >= 0.6 is 0 Å². The van der Waals surface area contributed by atoms with E-state index in [1.165, 1.54) is 6.07 Å². The molecule has 0 aliphatic rings. The molecular weight excluding hydrogens is 342 g/mol. The SMILES string of the molecule is CCCc1c([Si](OCC)(OCC)OCC)ccc(C(=O)O)c1C(N)=O. The van der Waals surface area contributed by atoms with E-state index in [1.807, 2.05) is 27.7 Å². The van der Waals surface area contributed by atoms with Crippen LogP contribution in [0.25, 0.3) is 0 Å². The molecule has 1 amide bonds. The molecule has 0 radical (unpaired) electrons. The number of carbonyl (C=O) groups is 2. The summed E-state index contributed by atoms with van der Waals surface area (Å²) in [5.74, 6) is -1.98. The Hall–Kier alpha value is -1.74. The van der Waals surface area contributed by atoms with Gasteiger partial charge < -0.3 is 24.1 Å². The second kappa shape index (κ2) is 9.67. The van der Waals surface area contributed by atoms with Gasteiger partial charge in [0.15, 0.2) is 0 Å². The first-order valence-corrected chi connectivity index (χ1v) is 10.2. The quantitative estimate of drug-likeness (QED) is 0.575. The molecule has 1 aromatic rings. The van der Waals surface area contributed by atoms with E-state index in [4.69, 9.17) is 19.0 Å². The second-order valence-corrected chi connectivity index (χ2v) is 7.81. The molecule has 25 heavy (non-hydrogen) atoms. The highest BCUT2D eigenvalue weighted by atomic mass is 28.4. The summed E-state index contributed by atoms with van der Waals surface area (Å²) in [6.45, 7) is 8.53. The molecule has 0 spiro atoms. The summed E-state index contributed by atoms with van der Waals surface area (Å²) < 4.78 is 17.7. The molecule has 8 heteroatoms. The second-order valence-electron chi connectivity index (χ2n) is 5.29. The number of nitrogens with two attached hydrogens (primary N) is 1. The van der Waals surface area contributed by atoms with Gasteiger partial charge in [-0.2, -0.15) is 0 Å². The third-order valence-corrected chi connectivity index (χ3v) is 6.76. The molecule has 1 aromatic carbocycles. The monoisotopic (exact) mass is 369 g/mol. The molecule has 0 saturated carbocycles. The van der Waals surface area contributed by atoms with Gasteiger partial charge in [-0.3, -0.25) is 4.79 Å². The Balaban J connectivity index is 3.78. The zero-order valence-electron chi connectivity index (χ0n) is 15.3. The van der Waals surface area contributed by atoms with Crippen LogP contribution in [0.15, 0.2) is 12.1 Å². The Bertz CT molecular complexity index is 602. The molecule has 3 N–H and O–H groups in total. The minimum absolute atomic E-state index is 0.00262. The first-order valence-electron chi connectivity index (χ1n) is 8.49. The van der Waals surface area contributed by atoms with Crippen molar-refractivity contribution in [1.82, 2.24) is 0 Å². The smallest absolute Gasteiger partial charge is 0.478 e. The van der Waals surface area contributed by atoms with Gasteiger partial charge in [-0.05, 0) is 38.8 Å².